The largest absolute Gasteiger partial charge is 0.495 e. The van der Waals surface area contributed by atoms with Crippen LogP contribution in [-0.4, -0.2) is 18.3 Å². The van der Waals surface area contributed by atoms with E-state index in [-0.39, 0.29) is 0 Å². The second-order valence-corrected chi connectivity index (χ2v) is 8.65. The Kier molecular flexibility index (Phi) is 3.49. The number of halogens is 1. The third-order valence-electron chi connectivity index (χ3n) is 5.98. The van der Waals surface area contributed by atoms with Gasteiger partial charge in [0.15, 0.2) is 0 Å². The molecule has 27 heavy (non-hydrogen) atoms. The summed E-state index contributed by atoms with van der Waals surface area (Å²) in [6.45, 7) is 8.27. The van der Waals surface area contributed by atoms with Crippen molar-refractivity contribution in [3.05, 3.63) is 53.6 Å². The van der Waals surface area contributed by atoms with Crippen molar-refractivity contribution in [2.24, 2.45) is 0 Å². The van der Waals surface area contributed by atoms with Crippen LogP contribution in [0.5, 0.6) is 0 Å². The molecule has 1 fully saturated rings. The Labute approximate surface area is 163 Å². The van der Waals surface area contributed by atoms with Crippen molar-refractivity contribution in [1.29, 1.82) is 0 Å². The van der Waals surface area contributed by atoms with Gasteiger partial charge >= 0.3 is 7.12 Å². The number of hydrogen-bond donors (Lipinski definition) is 0. The van der Waals surface area contributed by atoms with Gasteiger partial charge in [0.25, 0.3) is 0 Å². The van der Waals surface area contributed by atoms with Gasteiger partial charge in [0, 0.05) is 15.8 Å². The zero-order chi connectivity index (χ0) is 19.0. The number of fused-ring (bicyclic) bond motifs is 5. The first kappa shape index (κ1) is 17.1. The second-order valence-electron chi connectivity index (χ2n) is 8.22. The zero-order valence-electron chi connectivity index (χ0n) is 15.8. The van der Waals surface area contributed by atoms with Crippen molar-refractivity contribution in [2.75, 3.05) is 0 Å². The quantitative estimate of drug-likeness (QED) is 0.399. The van der Waals surface area contributed by atoms with E-state index in [1.54, 1.807) is 0 Å². The lowest BCUT2D eigenvalue weighted by molar-refractivity contribution is 0.00578. The van der Waals surface area contributed by atoms with Gasteiger partial charge in [-0.1, -0.05) is 35.9 Å². The molecule has 0 bridgehead atoms. The highest BCUT2D eigenvalue weighted by atomic mass is 35.5. The van der Waals surface area contributed by atoms with E-state index in [1.807, 2.05) is 36.4 Å². The summed E-state index contributed by atoms with van der Waals surface area (Å²) in [5.41, 5.74) is 1.84. The summed E-state index contributed by atoms with van der Waals surface area (Å²) in [5, 5.41) is 5.01. The monoisotopic (exact) mass is 378 g/mol. The summed E-state index contributed by atoms with van der Waals surface area (Å²) < 4.78 is 18.8. The van der Waals surface area contributed by atoms with Gasteiger partial charge < -0.3 is 13.7 Å². The van der Waals surface area contributed by atoms with Crippen molar-refractivity contribution in [2.45, 2.75) is 38.9 Å². The summed E-state index contributed by atoms with van der Waals surface area (Å²) in [5.74, 6) is 0. The van der Waals surface area contributed by atoms with Gasteiger partial charge in [-0.3, -0.25) is 0 Å². The predicted octanol–water partition coefficient (Wildman–Crippen LogP) is 5.69. The Hall–Kier alpha value is -2.01. The minimum Gasteiger partial charge on any atom is -0.456 e. The van der Waals surface area contributed by atoms with Crippen LogP contribution in [0.1, 0.15) is 27.7 Å². The predicted molar refractivity (Wildman–Crippen MR) is 112 cm³/mol. The van der Waals surface area contributed by atoms with Crippen molar-refractivity contribution in [3.8, 4) is 0 Å². The van der Waals surface area contributed by atoms with Crippen LogP contribution >= 0.6 is 11.6 Å². The number of furan rings is 1. The normalized spacial score (nSPS) is 18.8. The molecule has 0 spiro atoms. The molecule has 1 aliphatic heterocycles. The first-order chi connectivity index (χ1) is 12.8. The molecule has 0 N–H and O–H groups in total. The maximum absolute atomic E-state index is 6.32. The Bertz CT molecular complexity index is 1190. The molecule has 1 aromatic heterocycles. The molecule has 0 aliphatic carbocycles. The molecular formula is C22H20BClO3. The van der Waals surface area contributed by atoms with Gasteiger partial charge in [-0.2, -0.15) is 0 Å². The molecule has 0 radical (unpaired) electrons. The fourth-order valence-electron chi connectivity index (χ4n) is 3.81. The molecule has 1 aliphatic rings. The van der Waals surface area contributed by atoms with E-state index in [1.165, 1.54) is 0 Å². The molecule has 4 aromatic rings. The van der Waals surface area contributed by atoms with Gasteiger partial charge in [0.1, 0.15) is 11.2 Å². The molecule has 1 saturated heterocycles. The van der Waals surface area contributed by atoms with Gasteiger partial charge in [-0.05, 0) is 68.2 Å². The first-order valence-corrected chi connectivity index (χ1v) is 9.54. The molecule has 2 heterocycles. The highest BCUT2D eigenvalue weighted by Crippen LogP contribution is 2.39. The number of rotatable bonds is 1. The summed E-state index contributed by atoms with van der Waals surface area (Å²) >= 11 is 6.24. The number of hydrogen-bond acceptors (Lipinski definition) is 3. The fourth-order valence-corrected chi connectivity index (χ4v) is 3.98. The summed E-state index contributed by atoms with van der Waals surface area (Å²) in [6, 6.07) is 16.1. The lowest BCUT2D eigenvalue weighted by Crippen LogP contribution is -2.41. The van der Waals surface area contributed by atoms with E-state index in [4.69, 9.17) is 25.3 Å². The van der Waals surface area contributed by atoms with Crippen LogP contribution in [0.4, 0.5) is 0 Å². The molecule has 3 nitrogen and oxygen atoms in total. The average Bonchev–Trinajstić information content (AvgIpc) is 3.07. The van der Waals surface area contributed by atoms with Crippen LogP contribution in [0.2, 0.25) is 5.02 Å². The van der Waals surface area contributed by atoms with Crippen LogP contribution < -0.4 is 5.46 Å². The minimum absolute atomic E-state index is 0.394. The average molecular weight is 379 g/mol. The van der Waals surface area contributed by atoms with Crippen molar-refractivity contribution in [3.63, 3.8) is 0 Å². The highest BCUT2D eigenvalue weighted by Gasteiger charge is 2.52. The Morgan fingerprint density at radius 2 is 1.44 bits per heavy atom. The fraction of sp³-hybridized carbons (Fsp3) is 0.273. The van der Waals surface area contributed by atoms with Crippen LogP contribution in [0.3, 0.4) is 0 Å². The molecule has 5 rings (SSSR count). The smallest absolute Gasteiger partial charge is 0.456 e. The van der Waals surface area contributed by atoms with Crippen molar-refractivity contribution < 1.29 is 13.7 Å². The van der Waals surface area contributed by atoms with Crippen LogP contribution in [0.15, 0.2) is 52.9 Å². The van der Waals surface area contributed by atoms with Gasteiger partial charge in [-0.25, -0.2) is 0 Å². The standard InChI is InChI=1S/C22H20BClO3/c1-21(2)22(3,4)27-23(26-21)17-12-19-20(15-8-6-5-7-14(15)17)16-11-13(24)9-10-18(16)25-19/h5-12H,1-4H3. The molecule has 5 heteroatoms. The molecule has 0 atom stereocenters. The molecule has 0 amide bonds. The highest BCUT2D eigenvalue weighted by molar-refractivity contribution is 6.66. The molecule has 136 valence electrons. The van der Waals surface area contributed by atoms with Crippen LogP contribution in [0, 0.1) is 0 Å². The second kappa shape index (κ2) is 5.51. The third-order valence-corrected chi connectivity index (χ3v) is 6.21. The maximum Gasteiger partial charge on any atom is 0.495 e. The summed E-state index contributed by atoms with van der Waals surface area (Å²) in [7, 11) is -0.443. The minimum atomic E-state index is -0.443. The van der Waals surface area contributed by atoms with Crippen LogP contribution in [-0.2, 0) is 9.31 Å². The zero-order valence-corrected chi connectivity index (χ0v) is 16.6. The molecular weight excluding hydrogens is 359 g/mol. The number of benzene rings is 3. The first-order valence-electron chi connectivity index (χ1n) is 9.16. The summed E-state index contributed by atoms with van der Waals surface area (Å²) in [6.07, 6.45) is 0. The van der Waals surface area contributed by atoms with Gasteiger partial charge in [-0.15, -0.1) is 0 Å². The van der Waals surface area contributed by atoms with Crippen molar-refractivity contribution >= 4 is 56.9 Å². The summed E-state index contributed by atoms with van der Waals surface area (Å²) in [4.78, 5) is 0. The van der Waals surface area contributed by atoms with Gasteiger partial charge in [0.05, 0.1) is 11.2 Å². The maximum atomic E-state index is 6.32. The van der Waals surface area contributed by atoms with Crippen LogP contribution in [0.25, 0.3) is 32.7 Å². The SMILES string of the molecule is CC1(C)OB(c2cc3oc4ccc(Cl)cc4c3c3ccccc23)OC1(C)C. The van der Waals surface area contributed by atoms with Crippen molar-refractivity contribution in [1.82, 2.24) is 0 Å². The van der Waals surface area contributed by atoms with E-state index in [2.05, 4.69) is 39.8 Å². The van der Waals surface area contributed by atoms with E-state index in [9.17, 15) is 0 Å². The Morgan fingerprint density at radius 1 is 0.778 bits per heavy atom. The van der Waals surface area contributed by atoms with E-state index >= 15 is 0 Å². The Morgan fingerprint density at radius 3 is 2.15 bits per heavy atom. The molecule has 0 saturated carbocycles. The van der Waals surface area contributed by atoms with E-state index in [0.29, 0.717) is 5.02 Å². The molecule has 0 unspecified atom stereocenters. The van der Waals surface area contributed by atoms with E-state index in [0.717, 1.165) is 38.2 Å². The molecule has 3 aromatic carbocycles. The van der Waals surface area contributed by atoms with Gasteiger partial charge in [0.2, 0.25) is 0 Å². The van der Waals surface area contributed by atoms with E-state index < -0.39 is 18.3 Å². The lowest BCUT2D eigenvalue weighted by atomic mass is 9.75. The topological polar surface area (TPSA) is 31.6 Å². The Balaban J connectivity index is 1.83. The third kappa shape index (κ3) is 2.44. The lowest BCUT2D eigenvalue weighted by Gasteiger charge is -2.32.